The highest BCUT2D eigenvalue weighted by molar-refractivity contribution is 5.95. The first-order chi connectivity index (χ1) is 15.9. The molecule has 0 radical (unpaired) electrons. The second-order valence-electron chi connectivity index (χ2n) is 7.63. The Kier molecular flexibility index (Phi) is 7.88. The number of H-pyrrole nitrogens is 1. The Hall–Kier alpha value is -3.60. The van der Waals surface area contributed by atoms with Gasteiger partial charge in [0.05, 0.1) is 12.1 Å². The fourth-order valence-electron chi connectivity index (χ4n) is 3.67. The summed E-state index contributed by atoms with van der Waals surface area (Å²) in [4.78, 5) is 53.6. The molecule has 11 heteroatoms. The molecule has 1 amide bonds. The fraction of sp³-hybridized carbons (Fsp3) is 0.455. The zero-order chi connectivity index (χ0) is 24.0. The topological polar surface area (TPSA) is 146 Å². The number of aromatic amines is 1. The monoisotopic (exact) mass is 459 g/mol. The Bertz CT molecular complexity index is 1280. The largest absolute Gasteiger partial charge is 0.419 e. The van der Waals surface area contributed by atoms with Crippen LogP contribution >= 0.6 is 0 Å². The number of methoxy groups -OCH3 is 1. The molecule has 0 aliphatic heterocycles. The predicted octanol–water partition coefficient (Wildman–Crippen LogP) is 1.29. The summed E-state index contributed by atoms with van der Waals surface area (Å²) in [5.74, 6) is -0.923. The van der Waals surface area contributed by atoms with E-state index in [0.29, 0.717) is 30.5 Å². The third-order valence-corrected chi connectivity index (χ3v) is 5.39. The molecule has 11 nitrogen and oxygen atoms in total. The Morgan fingerprint density at radius 2 is 1.88 bits per heavy atom. The van der Waals surface area contributed by atoms with Crippen molar-refractivity contribution in [1.82, 2.24) is 14.1 Å². The van der Waals surface area contributed by atoms with Crippen molar-refractivity contribution in [2.24, 2.45) is 0 Å². The molecule has 0 saturated heterocycles. The highest BCUT2D eigenvalue weighted by Gasteiger charge is 2.24. The van der Waals surface area contributed by atoms with E-state index in [1.54, 1.807) is 24.3 Å². The third-order valence-electron chi connectivity index (χ3n) is 5.39. The van der Waals surface area contributed by atoms with Crippen LogP contribution in [-0.4, -0.2) is 40.3 Å². The quantitative estimate of drug-likeness (QED) is 0.439. The van der Waals surface area contributed by atoms with Crippen molar-refractivity contribution in [3.63, 3.8) is 0 Å². The number of amides is 1. The number of nitrogens with two attached hydrogens (primary N) is 1. The molecule has 0 fully saturated rings. The van der Waals surface area contributed by atoms with E-state index in [4.69, 9.17) is 14.9 Å². The molecule has 33 heavy (non-hydrogen) atoms. The number of nitrogen functional groups attached to an aromatic ring is 1. The van der Waals surface area contributed by atoms with E-state index < -0.39 is 17.0 Å². The van der Waals surface area contributed by atoms with Gasteiger partial charge in [0.25, 0.3) is 5.56 Å². The summed E-state index contributed by atoms with van der Waals surface area (Å²) in [6, 6.07) is 7.04. The average Bonchev–Trinajstić information content (AvgIpc) is 3.10. The number of para-hydroxylation sites is 2. The highest BCUT2D eigenvalue weighted by atomic mass is 16.5. The number of aryl methyl sites for hydroxylation is 1. The molecule has 2 heterocycles. The molecule has 0 saturated carbocycles. The molecule has 0 unspecified atom stereocenters. The van der Waals surface area contributed by atoms with Crippen LogP contribution in [0, 0.1) is 0 Å². The van der Waals surface area contributed by atoms with Crippen molar-refractivity contribution in [3.05, 3.63) is 55.7 Å². The molecular formula is C22H29N5O6. The van der Waals surface area contributed by atoms with Gasteiger partial charge in [0, 0.05) is 33.2 Å². The number of ether oxygens (including phenoxy) is 1. The molecule has 3 rings (SSSR count). The lowest BCUT2D eigenvalue weighted by Gasteiger charge is -2.24. The van der Waals surface area contributed by atoms with Crippen LogP contribution in [-0.2, 0) is 22.6 Å². The number of fused-ring (bicyclic) bond motifs is 1. The standard InChI is InChI=1S/C22H29N5O6/c1-3-4-11-27-19(23)18(20(29)24-21(27)30)26(13-14-32-2)17(28)10-7-12-25-15-8-5-6-9-16(15)33-22(25)31/h5-6,8-9H,3-4,7,10-14,23H2,1-2H3,(H,24,29,30). The summed E-state index contributed by atoms with van der Waals surface area (Å²) in [5, 5.41) is 0. The molecule has 0 aliphatic rings. The van der Waals surface area contributed by atoms with Gasteiger partial charge in [-0.3, -0.25) is 23.7 Å². The van der Waals surface area contributed by atoms with Crippen molar-refractivity contribution in [3.8, 4) is 0 Å². The van der Waals surface area contributed by atoms with Crippen LogP contribution in [0.1, 0.15) is 32.6 Å². The minimum absolute atomic E-state index is 0.0443. The molecule has 1 aromatic carbocycles. The lowest BCUT2D eigenvalue weighted by atomic mass is 10.2. The summed E-state index contributed by atoms with van der Waals surface area (Å²) >= 11 is 0. The van der Waals surface area contributed by atoms with E-state index in [9.17, 15) is 19.2 Å². The summed E-state index contributed by atoms with van der Waals surface area (Å²) in [7, 11) is 1.48. The molecule has 3 aromatic rings. The van der Waals surface area contributed by atoms with Crippen LogP contribution < -0.4 is 27.6 Å². The van der Waals surface area contributed by atoms with Crippen LogP contribution in [0.15, 0.2) is 43.1 Å². The van der Waals surface area contributed by atoms with E-state index in [2.05, 4.69) is 4.98 Å². The molecular weight excluding hydrogens is 430 g/mol. The zero-order valence-corrected chi connectivity index (χ0v) is 18.8. The predicted molar refractivity (Wildman–Crippen MR) is 125 cm³/mol. The minimum atomic E-state index is -0.730. The van der Waals surface area contributed by atoms with Gasteiger partial charge >= 0.3 is 11.4 Å². The summed E-state index contributed by atoms with van der Waals surface area (Å²) < 4.78 is 13.0. The number of carbonyl (C=O) groups excluding carboxylic acids is 1. The smallest absolute Gasteiger partial charge is 0.408 e. The maximum absolute atomic E-state index is 13.1. The lowest BCUT2D eigenvalue weighted by Crippen LogP contribution is -2.42. The zero-order valence-electron chi connectivity index (χ0n) is 18.8. The maximum atomic E-state index is 13.1. The van der Waals surface area contributed by atoms with Crippen molar-refractivity contribution in [2.75, 3.05) is 30.9 Å². The molecule has 178 valence electrons. The normalized spacial score (nSPS) is 11.2. The number of oxazole rings is 1. The number of aromatic nitrogens is 3. The molecule has 0 atom stereocenters. The lowest BCUT2D eigenvalue weighted by molar-refractivity contribution is -0.118. The fourth-order valence-corrected chi connectivity index (χ4v) is 3.67. The number of anilines is 2. The van der Waals surface area contributed by atoms with Crippen LogP contribution in [0.25, 0.3) is 11.1 Å². The van der Waals surface area contributed by atoms with E-state index in [-0.39, 0.29) is 43.5 Å². The van der Waals surface area contributed by atoms with Crippen LogP contribution in [0.5, 0.6) is 0 Å². The van der Waals surface area contributed by atoms with Gasteiger partial charge in [-0.15, -0.1) is 0 Å². The number of hydrogen-bond acceptors (Lipinski definition) is 7. The third kappa shape index (κ3) is 5.25. The number of nitrogens with zero attached hydrogens (tertiary/aromatic N) is 3. The van der Waals surface area contributed by atoms with Crippen molar-refractivity contribution in [2.45, 2.75) is 45.7 Å². The van der Waals surface area contributed by atoms with Gasteiger partial charge < -0.3 is 19.8 Å². The number of benzene rings is 1. The SMILES string of the molecule is CCCCn1c(N)c(N(CCOC)C(=O)CCCn2c(=O)oc3ccccc32)c(=O)[nH]c1=O. The minimum Gasteiger partial charge on any atom is -0.408 e. The summed E-state index contributed by atoms with van der Waals surface area (Å²) in [6.45, 7) is 2.82. The maximum Gasteiger partial charge on any atom is 0.419 e. The molecule has 2 aromatic heterocycles. The van der Waals surface area contributed by atoms with Gasteiger partial charge in [-0.05, 0) is 25.0 Å². The summed E-state index contributed by atoms with van der Waals surface area (Å²) in [5.41, 5.74) is 5.89. The van der Waals surface area contributed by atoms with Crippen molar-refractivity contribution in [1.29, 1.82) is 0 Å². The number of rotatable bonds is 11. The molecule has 0 bridgehead atoms. The van der Waals surface area contributed by atoms with Gasteiger partial charge in [-0.2, -0.15) is 0 Å². The second kappa shape index (κ2) is 10.8. The van der Waals surface area contributed by atoms with E-state index in [1.807, 2.05) is 6.92 Å². The van der Waals surface area contributed by atoms with E-state index >= 15 is 0 Å². The molecule has 0 aliphatic carbocycles. The first-order valence-corrected chi connectivity index (χ1v) is 10.9. The van der Waals surface area contributed by atoms with Crippen LogP contribution in [0.3, 0.4) is 0 Å². The van der Waals surface area contributed by atoms with Gasteiger partial charge in [-0.25, -0.2) is 9.59 Å². The van der Waals surface area contributed by atoms with E-state index in [0.717, 1.165) is 6.42 Å². The number of nitrogens with one attached hydrogen (secondary N) is 1. The van der Waals surface area contributed by atoms with Gasteiger partial charge in [0.15, 0.2) is 11.3 Å². The molecule has 3 N–H and O–H groups in total. The summed E-state index contributed by atoms with van der Waals surface area (Å²) in [6.07, 6.45) is 1.89. The van der Waals surface area contributed by atoms with Crippen LogP contribution in [0.2, 0.25) is 0 Å². The van der Waals surface area contributed by atoms with Crippen molar-refractivity contribution < 1.29 is 13.9 Å². The van der Waals surface area contributed by atoms with Gasteiger partial charge in [0.2, 0.25) is 5.91 Å². The van der Waals surface area contributed by atoms with Crippen LogP contribution in [0.4, 0.5) is 11.5 Å². The Morgan fingerprint density at radius 1 is 1.15 bits per heavy atom. The second-order valence-corrected chi connectivity index (χ2v) is 7.63. The highest BCUT2D eigenvalue weighted by Crippen LogP contribution is 2.19. The van der Waals surface area contributed by atoms with Gasteiger partial charge in [-0.1, -0.05) is 25.5 Å². The average molecular weight is 460 g/mol. The Labute approximate surface area is 189 Å². The Balaban J connectivity index is 1.83. The molecule has 0 spiro atoms. The van der Waals surface area contributed by atoms with Gasteiger partial charge in [0.1, 0.15) is 5.82 Å². The number of unbranched alkanes of at least 4 members (excludes halogenated alkanes) is 1. The first-order valence-electron chi connectivity index (χ1n) is 10.9. The number of hydrogen-bond donors (Lipinski definition) is 2. The Morgan fingerprint density at radius 3 is 2.61 bits per heavy atom. The first kappa shape index (κ1) is 24.1. The van der Waals surface area contributed by atoms with E-state index in [1.165, 1.54) is 21.1 Å². The number of carbonyl (C=O) groups is 1. The van der Waals surface area contributed by atoms with Crippen molar-refractivity contribution >= 4 is 28.5 Å².